The maximum Gasteiger partial charge on any atom is 0.309 e. The standard InChI is InChI=1S/C25H29N9O2/c1-25(2,3)23-33-32-22(36-23)21(35)30-18-8-6-5-7-15-11-20(27-13-17(15)18)19-9-10-26-24(31-19)29-16-12-28-34(4)14-16/h9-14,18H,5-8H2,1-4H3,(H,30,35)(H,26,29,31)/t18-/m0/s1. The highest BCUT2D eigenvalue weighted by atomic mass is 16.4. The number of nitrogens with one attached hydrogen (secondary N) is 2. The molecule has 1 amide bonds. The summed E-state index contributed by atoms with van der Waals surface area (Å²) in [6.45, 7) is 5.88. The second-order valence-electron chi connectivity index (χ2n) is 10.00. The number of amides is 1. The van der Waals surface area contributed by atoms with Crippen LogP contribution in [0.15, 0.2) is 41.3 Å². The molecule has 0 bridgehead atoms. The number of rotatable bonds is 5. The Morgan fingerprint density at radius 2 is 2.00 bits per heavy atom. The molecule has 1 aliphatic carbocycles. The number of fused-ring (bicyclic) bond motifs is 1. The number of pyridine rings is 1. The lowest BCUT2D eigenvalue weighted by Gasteiger charge is -2.19. The largest absolute Gasteiger partial charge is 0.416 e. The Balaban J connectivity index is 1.36. The molecule has 0 spiro atoms. The van der Waals surface area contributed by atoms with Crippen molar-refractivity contribution in [3.8, 4) is 11.4 Å². The Hall–Kier alpha value is -4.15. The minimum Gasteiger partial charge on any atom is -0.416 e. The average molecular weight is 488 g/mol. The second-order valence-corrected chi connectivity index (χ2v) is 10.00. The van der Waals surface area contributed by atoms with Gasteiger partial charge in [-0.3, -0.25) is 14.5 Å². The third-order valence-electron chi connectivity index (χ3n) is 6.03. The number of nitrogens with zero attached hydrogens (tertiary/aromatic N) is 7. The van der Waals surface area contributed by atoms with E-state index in [9.17, 15) is 4.79 Å². The van der Waals surface area contributed by atoms with Crippen LogP contribution in [0.1, 0.15) is 73.8 Å². The lowest BCUT2D eigenvalue weighted by Crippen LogP contribution is -2.29. The van der Waals surface area contributed by atoms with Crippen molar-refractivity contribution in [2.45, 2.75) is 57.9 Å². The van der Waals surface area contributed by atoms with Crippen LogP contribution in [-0.2, 0) is 18.9 Å². The van der Waals surface area contributed by atoms with Gasteiger partial charge in [0.05, 0.1) is 29.3 Å². The number of hydrogen-bond donors (Lipinski definition) is 2. The molecular formula is C25H29N9O2. The van der Waals surface area contributed by atoms with Gasteiger partial charge in [0, 0.05) is 31.1 Å². The van der Waals surface area contributed by atoms with Gasteiger partial charge >= 0.3 is 11.8 Å². The Labute approximate surface area is 208 Å². The smallest absolute Gasteiger partial charge is 0.309 e. The lowest BCUT2D eigenvalue weighted by molar-refractivity contribution is 0.0896. The highest BCUT2D eigenvalue weighted by molar-refractivity contribution is 5.89. The van der Waals surface area contributed by atoms with Crippen LogP contribution >= 0.6 is 0 Å². The van der Waals surface area contributed by atoms with Crippen molar-refractivity contribution in [2.24, 2.45) is 7.05 Å². The van der Waals surface area contributed by atoms with Crippen LogP contribution in [0, 0.1) is 0 Å². The Bertz CT molecular complexity index is 1390. The summed E-state index contributed by atoms with van der Waals surface area (Å²) in [4.78, 5) is 26.5. The fraction of sp³-hybridized carbons (Fsp3) is 0.400. The van der Waals surface area contributed by atoms with Gasteiger partial charge in [-0.15, -0.1) is 10.2 Å². The molecule has 11 nitrogen and oxygen atoms in total. The summed E-state index contributed by atoms with van der Waals surface area (Å²) in [7, 11) is 1.85. The Morgan fingerprint density at radius 1 is 1.14 bits per heavy atom. The van der Waals surface area contributed by atoms with Crippen molar-refractivity contribution in [3.63, 3.8) is 0 Å². The molecule has 0 aromatic carbocycles. The third kappa shape index (κ3) is 5.09. The predicted molar refractivity (Wildman–Crippen MR) is 133 cm³/mol. The molecule has 0 radical (unpaired) electrons. The van der Waals surface area contributed by atoms with Crippen molar-refractivity contribution < 1.29 is 9.21 Å². The monoisotopic (exact) mass is 487 g/mol. The van der Waals surface area contributed by atoms with Crippen molar-refractivity contribution >= 4 is 17.5 Å². The molecule has 186 valence electrons. The third-order valence-corrected chi connectivity index (χ3v) is 6.03. The van der Waals surface area contributed by atoms with Gasteiger partial charge in [-0.25, -0.2) is 9.97 Å². The Kier molecular flexibility index (Phi) is 6.21. The van der Waals surface area contributed by atoms with Gasteiger partial charge < -0.3 is 15.1 Å². The van der Waals surface area contributed by atoms with Crippen molar-refractivity contribution in [1.82, 2.24) is 40.2 Å². The summed E-state index contributed by atoms with van der Waals surface area (Å²) in [6, 6.07) is 3.71. The van der Waals surface area contributed by atoms with E-state index in [-0.39, 0.29) is 23.3 Å². The van der Waals surface area contributed by atoms with E-state index in [0.717, 1.165) is 48.2 Å². The molecule has 11 heteroatoms. The van der Waals surface area contributed by atoms with Crippen LogP contribution < -0.4 is 10.6 Å². The molecule has 0 saturated heterocycles. The van der Waals surface area contributed by atoms with Crippen molar-refractivity contribution in [3.05, 3.63) is 59.8 Å². The van der Waals surface area contributed by atoms with E-state index < -0.39 is 0 Å². The summed E-state index contributed by atoms with van der Waals surface area (Å²) in [6.07, 6.45) is 10.8. The van der Waals surface area contributed by atoms with Crippen LogP contribution in [0.25, 0.3) is 11.4 Å². The van der Waals surface area contributed by atoms with E-state index in [4.69, 9.17) is 4.42 Å². The van der Waals surface area contributed by atoms with Crippen LogP contribution in [0.2, 0.25) is 0 Å². The number of carbonyl (C=O) groups is 1. The Morgan fingerprint density at radius 3 is 2.75 bits per heavy atom. The summed E-state index contributed by atoms with van der Waals surface area (Å²) in [5.41, 5.74) is 4.09. The maximum absolute atomic E-state index is 12.9. The highest BCUT2D eigenvalue weighted by Gasteiger charge is 2.27. The molecule has 1 aliphatic rings. The first-order valence-corrected chi connectivity index (χ1v) is 12.0. The number of carbonyl (C=O) groups excluding carboxylic acids is 1. The molecule has 0 saturated carbocycles. The van der Waals surface area contributed by atoms with E-state index >= 15 is 0 Å². The molecule has 4 heterocycles. The van der Waals surface area contributed by atoms with Crippen LogP contribution in [0.3, 0.4) is 0 Å². The minimum absolute atomic E-state index is 0.0232. The van der Waals surface area contributed by atoms with Gasteiger partial charge in [-0.1, -0.05) is 27.2 Å². The molecule has 0 unspecified atom stereocenters. The summed E-state index contributed by atoms with van der Waals surface area (Å²) in [5.74, 6) is 0.505. The van der Waals surface area contributed by atoms with E-state index in [2.05, 4.69) is 46.9 Å². The van der Waals surface area contributed by atoms with Gasteiger partial charge in [0.15, 0.2) is 0 Å². The summed E-state index contributed by atoms with van der Waals surface area (Å²) >= 11 is 0. The minimum atomic E-state index is -0.373. The quantitative estimate of drug-likeness (QED) is 0.402. The number of anilines is 2. The van der Waals surface area contributed by atoms with Crippen molar-refractivity contribution in [2.75, 3.05) is 5.32 Å². The topological polar surface area (TPSA) is 137 Å². The average Bonchev–Trinajstić information content (AvgIpc) is 3.46. The number of aryl methyl sites for hydroxylation is 2. The van der Waals surface area contributed by atoms with E-state index in [1.54, 1.807) is 17.1 Å². The molecule has 1 atom stereocenters. The molecule has 5 rings (SSSR count). The second kappa shape index (κ2) is 9.48. The van der Waals surface area contributed by atoms with Gasteiger partial charge in [0.25, 0.3) is 0 Å². The van der Waals surface area contributed by atoms with Crippen LogP contribution in [0.4, 0.5) is 11.6 Å². The van der Waals surface area contributed by atoms with Crippen LogP contribution in [0.5, 0.6) is 0 Å². The van der Waals surface area contributed by atoms with Gasteiger partial charge in [0.2, 0.25) is 11.8 Å². The first-order chi connectivity index (χ1) is 17.3. The van der Waals surface area contributed by atoms with E-state index in [1.807, 2.05) is 46.3 Å². The van der Waals surface area contributed by atoms with Crippen LogP contribution in [-0.4, -0.2) is 40.8 Å². The molecule has 2 N–H and O–H groups in total. The zero-order valence-corrected chi connectivity index (χ0v) is 20.8. The van der Waals surface area contributed by atoms with Gasteiger partial charge in [-0.05, 0) is 42.5 Å². The van der Waals surface area contributed by atoms with E-state index in [0.29, 0.717) is 17.5 Å². The number of aromatic nitrogens is 7. The molecule has 0 aliphatic heterocycles. The SMILES string of the molecule is Cn1cc(Nc2nccc(-c3cc4c(cn3)[C@@H](NC(=O)c3nnc(C(C)(C)C)o3)CCCC4)n2)cn1. The van der Waals surface area contributed by atoms with Gasteiger partial charge in [0.1, 0.15) is 0 Å². The molecule has 4 aromatic rings. The normalized spacial score (nSPS) is 15.7. The highest BCUT2D eigenvalue weighted by Crippen LogP contribution is 2.31. The fourth-order valence-corrected chi connectivity index (χ4v) is 4.16. The maximum atomic E-state index is 12.9. The van der Waals surface area contributed by atoms with Crippen molar-refractivity contribution in [1.29, 1.82) is 0 Å². The first kappa shape index (κ1) is 23.6. The molecule has 4 aromatic heterocycles. The molecule has 0 fully saturated rings. The zero-order chi connectivity index (χ0) is 25.3. The molecular weight excluding hydrogens is 458 g/mol. The summed E-state index contributed by atoms with van der Waals surface area (Å²) < 4.78 is 7.33. The summed E-state index contributed by atoms with van der Waals surface area (Å²) in [5, 5.41) is 18.4. The zero-order valence-electron chi connectivity index (χ0n) is 20.8. The lowest BCUT2D eigenvalue weighted by atomic mass is 9.97. The first-order valence-electron chi connectivity index (χ1n) is 12.0. The van der Waals surface area contributed by atoms with Gasteiger partial charge in [-0.2, -0.15) is 5.10 Å². The fourth-order valence-electron chi connectivity index (χ4n) is 4.16. The predicted octanol–water partition coefficient (Wildman–Crippen LogP) is 3.89. The molecule has 36 heavy (non-hydrogen) atoms. The van der Waals surface area contributed by atoms with E-state index in [1.165, 1.54) is 0 Å². The number of hydrogen-bond acceptors (Lipinski definition) is 9.